The van der Waals surface area contributed by atoms with Crippen molar-refractivity contribution in [1.29, 1.82) is 0 Å². The maximum absolute atomic E-state index is 10.4. The molecule has 0 aliphatic heterocycles. The lowest BCUT2D eigenvalue weighted by Crippen LogP contribution is -1.90. The molecule has 0 N–H and O–H groups in total. The van der Waals surface area contributed by atoms with Gasteiger partial charge < -0.3 is 0 Å². The molecule has 0 radical (unpaired) electrons. The Bertz CT molecular complexity index is 266. The van der Waals surface area contributed by atoms with Crippen LogP contribution in [0.4, 0.5) is 0 Å². The van der Waals surface area contributed by atoms with Crippen LogP contribution in [0, 0.1) is 0 Å². The average molecular weight is 203 g/mol. The Kier molecular flexibility index (Phi) is 3.57. The Morgan fingerprint density at radius 1 is 1.25 bits per heavy atom. The number of hydrogen-bond acceptors (Lipinski definition) is 1. The molecule has 1 nitrogen and oxygen atoms in total. The van der Waals surface area contributed by atoms with Gasteiger partial charge in [-0.25, -0.2) is 0 Å². The van der Waals surface area contributed by atoms with Gasteiger partial charge in [0.15, 0.2) is 0 Å². The molecular weight excluding hydrogens is 195 g/mol. The van der Waals surface area contributed by atoms with E-state index in [9.17, 15) is 4.79 Å². The van der Waals surface area contributed by atoms with Crippen LogP contribution < -0.4 is 0 Å². The molecule has 12 heavy (non-hydrogen) atoms. The van der Waals surface area contributed by atoms with Gasteiger partial charge in [-0.05, 0) is 35.7 Å². The predicted molar refractivity (Wildman–Crippen MR) is 50.6 cm³/mol. The van der Waals surface area contributed by atoms with Crippen molar-refractivity contribution in [2.24, 2.45) is 0 Å². The molecule has 3 heteroatoms. The van der Waals surface area contributed by atoms with Crippen LogP contribution in [0.25, 0.3) is 0 Å². The van der Waals surface area contributed by atoms with Crippen LogP contribution in [0.2, 0.25) is 5.02 Å². The number of benzene rings is 1. The monoisotopic (exact) mass is 202 g/mol. The van der Waals surface area contributed by atoms with Crippen LogP contribution in [-0.4, -0.2) is 5.24 Å². The molecule has 0 aliphatic rings. The molecular formula is C9H8Cl2O. The zero-order chi connectivity index (χ0) is 8.97. The molecule has 0 saturated carbocycles. The van der Waals surface area contributed by atoms with E-state index in [1.54, 1.807) is 12.1 Å². The van der Waals surface area contributed by atoms with Crippen molar-refractivity contribution in [1.82, 2.24) is 0 Å². The summed E-state index contributed by atoms with van der Waals surface area (Å²) < 4.78 is 0. The van der Waals surface area contributed by atoms with Crippen LogP contribution in [0.1, 0.15) is 12.0 Å². The summed E-state index contributed by atoms with van der Waals surface area (Å²) in [5.74, 6) is 0. The van der Waals surface area contributed by atoms with Crippen LogP contribution in [0.15, 0.2) is 24.3 Å². The third-order valence-electron chi connectivity index (χ3n) is 1.52. The van der Waals surface area contributed by atoms with Crippen LogP contribution >= 0.6 is 23.2 Å². The predicted octanol–water partition coefficient (Wildman–Crippen LogP) is 3.04. The van der Waals surface area contributed by atoms with E-state index in [4.69, 9.17) is 23.2 Å². The first-order valence-electron chi connectivity index (χ1n) is 3.61. The summed E-state index contributed by atoms with van der Waals surface area (Å²) in [5, 5.41) is 0.404. The maximum Gasteiger partial charge on any atom is 0.221 e. The third-order valence-corrected chi connectivity index (χ3v) is 1.96. The number of carbonyl (C=O) groups is 1. The molecule has 1 aromatic rings. The molecule has 0 aromatic heterocycles. The molecule has 1 aromatic carbocycles. The Balaban J connectivity index is 2.53. The Hall–Kier alpha value is -0.530. The van der Waals surface area contributed by atoms with E-state index < -0.39 is 0 Å². The van der Waals surface area contributed by atoms with Gasteiger partial charge in [-0.1, -0.05) is 23.7 Å². The molecule has 1 rings (SSSR count). The molecule has 0 fully saturated rings. The Morgan fingerprint density at radius 2 is 1.83 bits per heavy atom. The molecule has 0 atom stereocenters. The third kappa shape index (κ3) is 3.24. The normalized spacial score (nSPS) is 9.83. The van der Waals surface area contributed by atoms with Crippen molar-refractivity contribution in [2.45, 2.75) is 12.8 Å². The minimum Gasteiger partial charge on any atom is -0.281 e. The van der Waals surface area contributed by atoms with Gasteiger partial charge in [0.05, 0.1) is 0 Å². The van der Waals surface area contributed by atoms with Gasteiger partial charge in [-0.2, -0.15) is 0 Å². The van der Waals surface area contributed by atoms with Gasteiger partial charge in [0.1, 0.15) is 0 Å². The number of aryl methyl sites for hydroxylation is 1. The van der Waals surface area contributed by atoms with Gasteiger partial charge in [0.2, 0.25) is 5.24 Å². The first kappa shape index (κ1) is 9.56. The van der Waals surface area contributed by atoms with Gasteiger partial charge >= 0.3 is 0 Å². The van der Waals surface area contributed by atoms with Gasteiger partial charge in [-0.3, -0.25) is 4.79 Å². The first-order valence-corrected chi connectivity index (χ1v) is 4.37. The fourth-order valence-corrected chi connectivity index (χ4v) is 1.11. The van der Waals surface area contributed by atoms with Gasteiger partial charge in [-0.15, -0.1) is 0 Å². The highest BCUT2D eigenvalue weighted by Gasteiger charge is 1.97. The number of carbonyl (C=O) groups excluding carboxylic acids is 1. The summed E-state index contributed by atoms with van der Waals surface area (Å²) in [6.07, 6.45) is 1.06. The largest absolute Gasteiger partial charge is 0.281 e. The quantitative estimate of drug-likeness (QED) is 0.690. The SMILES string of the molecule is O=C(Cl)CCc1ccc(Cl)cc1. The summed E-state index contributed by atoms with van der Waals surface area (Å²) in [4.78, 5) is 10.4. The van der Waals surface area contributed by atoms with E-state index in [2.05, 4.69) is 0 Å². The second-order valence-electron chi connectivity index (χ2n) is 2.48. The number of rotatable bonds is 3. The van der Waals surface area contributed by atoms with Crippen molar-refractivity contribution in [2.75, 3.05) is 0 Å². The second-order valence-corrected chi connectivity index (χ2v) is 3.34. The fraction of sp³-hybridized carbons (Fsp3) is 0.222. The lowest BCUT2D eigenvalue weighted by Gasteiger charge is -1.97. The van der Waals surface area contributed by atoms with Crippen molar-refractivity contribution in [3.05, 3.63) is 34.9 Å². The highest BCUT2D eigenvalue weighted by molar-refractivity contribution is 6.63. The van der Waals surface area contributed by atoms with Crippen molar-refractivity contribution >= 4 is 28.4 Å². The molecule has 0 saturated heterocycles. The summed E-state index contributed by atoms with van der Waals surface area (Å²) in [5.41, 5.74) is 1.08. The highest BCUT2D eigenvalue weighted by atomic mass is 35.5. The van der Waals surface area contributed by atoms with E-state index in [-0.39, 0.29) is 5.24 Å². The van der Waals surface area contributed by atoms with Crippen molar-refractivity contribution in [3.63, 3.8) is 0 Å². The summed E-state index contributed by atoms with van der Waals surface area (Å²) >= 11 is 10.9. The Labute approximate surface area is 81.3 Å². The minimum atomic E-state index is -0.301. The average Bonchev–Trinajstić information content (AvgIpc) is 2.03. The molecule has 0 heterocycles. The lowest BCUT2D eigenvalue weighted by atomic mass is 10.1. The second kappa shape index (κ2) is 4.48. The van der Waals surface area contributed by atoms with E-state index in [1.807, 2.05) is 12.1 Å². The zero-order valence-corrected chi connectivity index (χ0v) is 7.90. The van der Waals surface area contributed by atoms with Crippen LogP contribution in [0.3, 0.4) is 0 Å². The fourth-order valence-electron chi connectivity index (χ4n) is 0.894. The molecule has 0 aliphatic carbocycles. The summed E-state index contributed by atoms with van der Waals surface area (Å²) in [6, 6.07) is 7.38. The van der Waals surface area contributed by atoms with E-state index >= 15 is 0 Å². The molecule has 0 bridgehead atoms. The lowest BCUT2D eigenvalue weighted by molar-refractivity contribution is -0.111. The summed E-state index contributed by atoms with van der Waals surface area (Å²) in [6.45, 7) is 0. The van der Waals surface area contributed by atoms with Crippen LogP contribution in [0.5, 0.6) is 0 Å². The smallest absolute Gasteiger partial charge is 0.221 e. The zero-order valence-electron chi connectivity index (χ0n) is 6.39. The van der Waals surface area contributed by atoms with E-state index in [1.165, 1.54) is 0 Å². The number of hydrogen-bond donors (Lipinski definition) is 0. The topological polar surface area (TPSA) is 17.1 Å². The number of halogens is 2. The maximum atomic E-state index is 10.4. The van der Waals surface area contributed by atoms with Crippen molar-refractivity contribution in [3.8, 4) is 0 Å². The summed E-state index contributed by atoms with van der Waals surface area (Å²) in [7, 11) is 0. The van der Waals surface area contributed by atoms with Gasteiger partial charge in [0.25, 0.3) is 0 Å². The van der Waals surface area contributed by atoms with Crippen LogP contribution in [-0.2, 0) is 11.2 Å². The Morgan fingerprint density at radius 3 is 2.33 bits per heavy atom. The molecule has 0 spiro atoms. The highest BCUT2D eigenvalue weighted by Crippen LogP contribution is 2.11. The minimum absolute atomic E-state index is 0.301. The molecule has 64 valence electrons. The van der Waals surface area contributed by atoms with E-state index in [0.29, 0.717) is 17.9 Å². The van der Waals surface area contributed by atoms with E-state index in [0.717, 1.165) is 5.56 Å². The molecule has 0 amide bonds. The molecule has 0 unspecified atom stereocenters. The standard InChI is InChI=1S/C9H8Cl2O/c10-8-4-1-7(2-5-8)3-6-9(11)12/h1-2,4-5H,3,6H2. The van der Waals surface area contributed by atoms with Gasteiger partial charge in [0, 0.05) is 11.4 Å². The first-order chi connectivity index (χ1) is 5.68. The van der Waals surface area contributed by atoms with Crippen molar-refractivity contribution < 1.29 is 4.79 Å².